The van der Waals surface area contributed by atoms with E-state index in [4.69, 9.17) is 10.8 Å². The van der Waals surface area contributed by atoms with E-state index >= 15 is 0 Å². The minimum atomic E-state index is -0.0105. The molecule has 2 aromatic rings. The van der Waals surface area contributed by atoms with Gasteiger partial charge in [-0.15, -0.1) is 0 Å². The van der Waals surface area contributed by atoms with Crippen LogP contribution in [0.2, 0.25) is 0 Å². The number of nitrogens with zero attached hydrogens (tertiary/aromatic N) is 2. The highest BCUT2D eigenvalue weighted by atomic mass is 16.1. The van der Waals surface area contributed by atoms with E-state index in [0.717, 1.165) is 37.2 Å². The SMILES string of the molecule is N=C(CNC(=O)C1CCNCC1)N(Cc1ccccn1)C(=N)Cc1ccccc1. The van der Waals surface area contributed by atoms with Crippen molar-refractivity contribution in [3.63, 3.8) is 0 Å². The smallest absolute Gasteiger partial charge is 0.223 e. The quantitative estimate of drug-likeness (QED) is 0.428. The van der Waals surface area contributed by atoms with Gasteiger partial charge in [0.15, 0.2) is 0 Å². The van der Waals surface area contributed by atoms with E-state index in [2.05, 4.69) is 15.6 Å². The minimum absolute atomic E-state index is 0.00272. The maximum absolute atomic E-state index is 12.4. The van der Waals surface area contributed by atoms with Crippen molar-refractivity contribution in [2.24, 2.45) is 5.92 Å². The summed E-state index contributed by atoms with van der Waals surface area (Å²) in [5, 5.41) is 23.2. The van der Waals surface area contributed by atoms with Crippen LogP contribution in [0.25, 0.3) is 0 Å². The zero-order valence-corrected chi connectivity index (χ0v) is 16.5. The zero-order valence-electron chi connectivity index (χ0n) is 16.5. The van der Waals surface area contributed by atoms with E-state index in [0.29, 0.717) is 18.8 Å². The van der Waals surface area contributed by atoms with Crippen molar-refractivity contribution in [2.45, 2.75) is 25.8 Å². The van der Waals surface area contributed by atoms with E-state index in [1.54, 1.807) is 11.1 Å². The zero-order chi connectivity index (χ0) is 20.5. The van der Waals surface area contributed by atoms with Crippen LogP contribution < -0.4 is 10.6 Å². The number of rotatable bonds is 7. The van der Waals surface area contributed by atoms with Gasteiger partial charge in [0.25, 0.3) is 0 Å². The Morgan fingerprint density at radius 3 is 2.48 bits per heavy atom. The summed E-state index contributed by atoms with van der Waals surface area (Å²) in [4.78, 5) is 18.4. The molecule has 0 radical (unpaired) electrons. The molecule has 0 spiro atoms. The Hall–Kier alpha value is -3.06. The van der Waals surface area contributed by atoms with Crippen molar-refractivity contribution in [1.82, 2.24) is 20.5 Å². The molecule has 7 heteroatoms. The first-order chi connectivity index (χ1) is 14.1. The molecule has 2 heterocycles. The normalized spacial score (nSPS) is 14.2. The van der Waals surface area contributed by atoms with Crippen molar-refractivity contribution in [3.05, 3.63) is 66.0 Å². The van der Waals surface area contributed by atoms with Gasteiger partial charge in [-0.3, -0.25) is 20.6 Å². The molecule has 0 atom stereocenters. The third-order valence-corrected chi connectivity index (χ3v) is 5.05. The fourth-order valence-electron chi connectivity index (χ4n) is 3.39. The van der Waals surface area contributed by atoms with Crippen LogP contribution in [0, 0.1) is 16.7 Å². The number of benzene rings is 1. The fourth-order valence-corrected chi connectivity index (χ4v) is 3.39. The standard InChI is InChI=1S/C22H28N6O/c23-20(14-17-6-2-1-3-7-17)28(16-19-8-4-5-11-26-19)21(24)15-27-22(29)18-9-12-25-13-10-18/h1-8,11,18,23-25H,9-10,12-16H2,(H,27,29). The topological polar surface area (TPSA) is 105 Å². The van der Waals surface area contributed by atoms with Crippen LogP contribution in [-0.4, -0.2) is 47.1 Å². The fraction of sp³-hybridized carbons (Fsp3) is 0.364. The van der Waals surface area contributed by atoms with Gasteiger partial charge < -0.3 is 15.5 Å². The predicted octanol–water partition coefficient (Wildman–Crippen LogP) is 2.20. The van der Waals surface area contributed by atoms with E-state index in [-0.39, 0.29) is 24.2 Å². The first-order valence-electron chi connectivity index (χ1n) is 9.98. The first kappa shape index (κ1) is 20.7. The van der Waals surface area contributed by atoms with Crippen LogP contribution in [0.4, 0.5) is 0 Å². The van der Waals surface area contributed by atoms with Crippen molar-refractivity contribution < 1.29 is 4.79 Å². The number of carbonyl (C=O) groups is 1. The lowest BCUT2D eigenvalue weighted by Gasteiger charge is -2.27. The van der Waals surface area contributed by atoms with Crippen LogP contribution in [0.15, 0.2) is 54.7 Å². The molecule has 29 heavy (non-hydrogen) atoms. The second-order valence-electron chi connectivity index (χ2n) is 7.21. The van der Waals surface area contributed by atoms with E-state index in [1.165, 1.54) is 0 Å². The first-order valence-corrected chi connectivity index (χ1v) is 9.98. The molecule has 7 nitrogen and oxygen atoms in total. The summed E-state index contributed by atoms with van der Waals surface area (Å²) < 4.78 is 0. The highest BCUT2D eigenvalue weighted by Gasteiger charge is 2.22. The summed E-state index contributed by atoms with van der Waals surface area (Å²) in [6.45, 7) is 2.13. The van der Waals surface area contributed by atoms with Crippen molar-refractivity contribution >= 4 is 17.6 Å². The summed E-state index contributed by atoms with van der Waals surface area (Å²) in [5.41, 5.74) is 1.79. The molecule has 1 aromatic carbocycles. The Morgan fingerprint density at radius 2 is 1.79 bits per heavy atom. The van der Waals surface area contributed by atoms with Crippen LogP contribution in [0.5, 0.6) is 0 Å². The third kappa shape index (κ3) is 6.22. The average Bonchev–Trinajstić information content (AvgIpc) is 2.77. The second-order valence-corrected chi connectivity index (χ2v) is 7.21. The van der Waals surface area contributed by atoms with Crippen LogP contribution in [-0.2, 0) is 17.8 Å². The number of hydrogen-bond acceptors (Lipinski definition) is 5. The maximum atomic E-state index is 12.4. The molecule has 1 amide bonds. The molecule has 152 valence electrons. The third-order valence-electron chi connectivity index (χ3n) is 5.05. The van der Waals surface area contributed by atoms with Crippen molar-refractivity contribution in [1.29, 1.82) is 10.8 Å². The van der Waals surface area contributed by atoms with Crippen LogP contribution >= 0.6 is 0 Å². The minimum Gasteiger partial charge on any atom is -0.349 e. The number of piperidine rings is 1. The number of nitrogens with one attached hydrogen (secondary N) is 4. The number of carbonyl (C=O) groups excluding carboxylic acids is 1. The highest BCUT2D eigenvalue weighted by molar-refractivity contribution is 6.00. The lowest BCUT2D eigenvalue weighted by molar-refractivity contribution is -0.125. The Balaban J connectivity index is 1.65. The molecule has 4 N–H and O–H groups in total. The molecule has 1 aliphatic heterocycles. The maximum Gasteiger partial charge on any atom is 0.223 e. The van der Waals surface area contributed by atoms with Gasteiger partial charge in [-0.05, 0) is 43.6 Å². The molecule has 0 unspecified atom stereocenters. The van der Waals surface area contributed by atoms with Gasteiger partial charge in [0.05, 0.1) is 18.8 Å². The summed E-state index contributed by atoms with van der Waals surface area (Å²) in [6.07, 6.45) is 3.76. The highest BCUT2D eigenvalue weighted by Crippen LogP contribution is 2.12. The molecular weight excluding hydrogens is 364 g/mol. The van der Waals surface area contributed by atoms with Crippen molar-refractivity contribution in [3.8, 4) is 0 Å². The van der Waals surface area contributed by atoms with Gasteiger partial charge in [-0.25, -0.2) is 0 Å². The van der Waals surface area contributed by atoms with Gasteiger partial charge in [0.2, 0.25) is 5.91 Å². The molecular formula is C22H28N6O. The van der Waals surface area contributed by atoms with Gasteiger partial charge in [-0.2, -0.15) is 0 Å². The summed E-state index contributed by atoms with van der Waals surface area (Å²) >= 11 is 0. The number of amides is 1. The van der Waals surface area contributed by atoms with Gasteiger partial charge in [0.1, 0.15) is 11.7 Å². The molecule has 1 aliphatic rings. The lowest BCUT2D eigenvalue weighted by Crippen LogP contribution is -2.45. The van der Waals surface area contributed by atoms with Crippen LogP contribution in [0.3, 0.4) is 0 Å². The van der Waals surface area contributed by atoms with Crippen LogP contribution in [0.1, 0.15) is 24.1 Å². The molecule has 0 saturated carbocycles. The second kappa shape index (κ2) is 10.5. The number of aromatic nitrogens is 1. The van der Waals surface area contributed by atoms with E-state index in [1.807, 2.05) is 48.5 Å². The Bertz CT molecular complexity index is 818. The molecule has 1 saturated heterocycles. The number of hydrogen-bond donors (Lipinski definition) is 4. The monoisotopic (exact) mass is 392 g/mol. The van der Waals surface area contributed by atoms with Crippen molar-refractivity contribution in [2.75, 3.05) is 19.6 Å². The van der Waals surface area contributed by atoms with Gasteiger partial charge >= 0.3 is 0 Å². The largest absolute Gasteiger partial charge is 0.349 e. The Morgan fingerprint density at radius 1 is 1.07 bits per heavy atom. The predicted molar refractivity (Wildman–Crippen MR) is 114 cm³/mol. The molecule has 0 aliphatic carbocycles. The van der Waals surface area contributed by atoms with E-state index < -0.39 is 0 Å². The Labute approximate surface area is 171 Å². The summed E-state index contributed by atoms with van der Waals surface area (Å²) in [5.74, 6) is 0.488. The number of amidine groups is 2. The molecule has 0 bridgehead atoms. The molecule has 3 rings (SSSR count). The van der Waals surface area contributed by atoms with Gasteiger partial charge in [0, 0.05) is 18.5 Å². The summed E-state index contributed by atoms with van der Waals surface area (Å²) in [6, 6.07) is 15.4. The summed E-state index contributed by atoms with van der Waals surface area (Å²) in [7, 11) is 0. The molecule has 1 fully saturated rings. The Kier molecular flexibility index (Phi) is 7.47. The van der Waals surface area contributed by atoms with E-state index in [9.17, 15) is 4.79 Å². The number of pyridine rings is 1. The average molecular weight is 393 g/mol. The lowest BCUT2D eigenvalue weighted by atomic mass is 9.97. The molecule has 1 aromatic heterocycles. The van der Waals surface area contributed by atoms with Gasteiger partial charge in [-0.1, -0.05) is 36.4 Å².